The zero-order valence-corrected chi connectivity index (χ0v) is 28.8. The summed E-state index contributed by atoms with van der Waals surface area (Å²) in [5.74, 6) is 4.90. The molecule has 0 radical (unpaired) electrons. The quantitative estimate of drug-likeness (QED) is 0.186. The number of fused-ring (bicyclic) bond motifs is 5. The molecule has 5 rings (SSSR count). The standard InChI is InChI=1S/C39H64O4/c1-8-26(4)36(40)42-30-15-12-28(13-16-30)37(41)43-31-20-22-38(6)29(24-31)14-17-32-34-19-18-33(27(5)11-9-10-25(2)3)39(34,7)23-21-35(32)38/h14,25-28,30-35H,8-13,15-24H2,1-7H3. The normalized spacial score (nSPS) is 40.5. The van der Waals surface area contributed by atoms with E-state index < -0.39 is 0 Å². The summed E-state index contributed by atoms with van der Waals surface area (Å²) in [4.78, 5) is 25.4. The van der Waals surface area contributed by atoms with E-state index in [4.69, 9.17) is 9.47 Å². The third kappa shape index (κ3) is 6.79. The van der Waals surface area contributed by atoms with Gasteiger partial charge in [0.15, 0.2) is 0 Å². The highest BCUT2D eigenvalue weighted by Gasteiger charge is 2.59. The second-order valence-corrected chi connectivity index (χ2v) is 16.8. The molecule has 5 aliphatic rings. The molecule has 0 bridgehead atoms. The van der Waals surface area contributed by atoms with Gasteiger partial charge >= 0.3 is 11.9 Å². The summed E-state index contributed by atoms with van der Waals surface area (Å²) in [6.45, 7) is 16.5. The average Bonchev–Trinajstić information content (AvgIpc) is 3.34. The first kappa shape index (κ1) is 33.1. The summed E-state index contributed by atoms with van der Waals surface area (Å²) in [6.07, 6.45) is 20.7. The third-order valence-electron chi connectivity index (χ3n) is 13.8. The predicted octanol–water partition coefficient (Wildman–Crippen LogP) is 10.1. The van der Waals surface area contributed by atoms with Gasteiger partial charge in [-0.05, 0) is 123 Å². The van der Waals surface area contributed by atoms with Gasteiger partial charge in [0, 0.05) is 6.42 Å². The molecular formula is C39H64O4. The van der Waals surface area contributed by atoms with Crippen LogP contribution in [0.1, 0.15) is 151 Å². The Morgan fingerprint density at radius 1 is 0.860 bits per heavy atom. The first-order valence-electron chi connectivity index (χ1n) is 18.6. The molecule has 9 atom stereocenters. The molecule has 9 unspecified atom stereocenters. The number of hydrogen-bond donors (Lipinski definition) is 0. The summed E-state index contributed by atoms with van der Waals surface area (Å²) >= 11 is 0. The van der Waals surface area contributed by atoms with Crippen molar-refractivity contribution in [2.45, 2.75) is 163 Å². The Morgan fingerprint density at radius 3 is 2.30 bits per heavy atom. The minimum atomic E-state index is -0.0937. The minimum Gasteiger partial charge on any atom is -0.462 e. The molecule has 4 nitrogen and oxygen atoms in total. The zero-order chi connectivity index (χ0) is 30.9. The second kappa shape index (κ2) is 13.6. The molecule has 0 aliphatic heterocycles. The maximum Gasteiger partial charge on any atom is 0.309 e. The molecular weight excluding hydrogens is 532 g/mol. The van der Waals surface area contributed by atoms with Crippen molar-refractivity contribution in [1.29, 1.82) is 0 Å². The Balaban J connectivity index is 1.14. The van der Waals surface area contributed by atoms with Crippen molar-refractivity contribution in [3.05, 3.63) is 11.6 Å². The molecule has 4 fully saturated rings. The van der Waals surface area contributed by atoms with Crippen molar-refractivity contribution >= 4 is 11.9 Å². The Labute approximate surface area is 263 Å². The van der Waals surface area contributed by atoms with Gasteiger partial charge in [-0.2, -0.15) is 0 Å². The Bertz CT molecular complexity index is 1010. The Morgan fingerprint density at radius 2 is 1.60 bits per heavy atom. The van der Waals surface area contributed by atoms with Crippen molar-refractivity contribution in [2.75, 3.05) is 0 Å². The van der Waals surface area contributed by atoms with Gasteiger partial charge in [-0.15, -0.1) is 0 Å². The number of carbonyl (C=O) groups is 2. The number of carbonyl (C=O) groups excluding carboxylic acids is 2. The zero-order valence-electron chi connectivity index (χ0n) is 28.8. The summed E-state index contributed by atoms with van der Waals surface area (Å²) in [6, 6.07) is 0. The molecule has 0 aromatic rings. The van der Waals surface area contributed by atoms with E-state index in [2.05, 4.69) is 40.7 Å². The van der Waals surface area contributed by atoms with Crippen molar-refractivity contribution < 1.29 is 19.1 Å². The molecule has 0 heterocycles. The maximum atomic E-state index is 13.2. The van der Waals surface area contributed by atoms with Crippen LogP contribution in [-0.2, 0) is 19.1 Å². The van der Waals surface area contributed by atoms with Gasteiger partial charge in [-0.3, -0.25) is 9.59 Å². The fraction of sp³-hybridized carbons (Fsp3) is 0.897. The van der Waals surface area contributed by atoms with E-state index in [0.717, 1.165) is 86.9 Å². The molecule has 0 aromatic carbocycles. The average molecular weight is 597 g/mol. The van der Waals surface area contributed by atoms with Crippen LogP contribution in [0.2, 0.25) is 0 Å². The van der Waals surface area contributed by atoms with Gasteiger partial charge in [0.2, 0.25) is 0 Å². The van der Waals surface area contributed by atoms with Gasteiger partial charge in [-0.25, -0.2) is 0 Å². The summed E-state index contributed by atoms with van der Waals surface area (Å²) in [7, 11) is 0. The minimum absolute atomic E-state index is 0.0115. The van der Waals surface area contributed by atoms with Crippen molar-refractivity contribution in [2.24, 2.45) is 58.2 Å². The van der Waals surface area contributed by atoms with Crippen LogP contribution in [0.3, 0.4) is 0 Å². The molecule has 4 heteroatoms. The largest absolute Gasteiger partial charge is 0.462 e. The highest BCUT2D eigenvalue weighted by atomic mass is 16.5. The van der Waals surface area contributed by atoms with Crippen LogP contribution >= 0.6 is 0 Å². The fourth-order valence-electron chi connectivity index (χ4n) is 10.9. The van der Waals surface area contributed by atoms with Gasteiger partial charge in [0.1, 0.15) is 12.2 Å². The van der Waals surface area contributed by atoms with Crippen molar-refractivity contribution in [3.8, 4) is 0 Å². The van der Waals surface area contributed by atoms with E-state index in [9.17, 15) is 9.59 Å². The van der Waals surface area contributed by atoms with Crippen LogP contribution in [0.4, 0.5) is 0 Å². The Kier molecular flexibility index (Phi) is 10.4. The summed E-state index contributed by atoms with van der Waals surface area (Å²) in [5.41, 5.74) is 2.41. The number of rotatable bonds is 10. The molecule has 0 spiro atoms. The smallest absolute Gasteiger partial charge is 0.309 e. The molecule has 244 valence electrons. The highest BCUT2D eigenvalue weighted by molar-refractivity contribution is 5.73. The van der Waals surface area contributed by atoms with Crippen molar-refractivity contribution in [3.63, 3.8) is 0 Å². The lowest BCUT2D eigenvalue weighted by Crippen LogP contribution is -2.51. The van der Waals surface area contributed by atoms with Gasteiger partial charge in [-0.1, -0.05) is 79.4 Å². The molecule has 0 amide bonds. The number of hydrogen-bond acceptors (Lipinski definition) is 4. The molecule has 0 aromatic heterocycles. The predicted molar refractivity (Wildman–Crippen MR) is 174 cm³/mol. The summed E-state index contributed by atoms with van der Waals surface area (Å²) < 4.78 is 11.9. The molecule has 0 saturated heterocycles. The number of allylic oxidation sites excluding steroid dienone is 1. The highest BCUT2D eigenvalue weighted by Crippen LogP contribution is 2.67. The van der Waals surface area contributed by atoms with Crippen LogP contribution < -0.4 is 0 Å². The molecule has 4 saturated carbocycles. The van der Waals surface area contributed by atoms with Gasteiger partial charge in [0.05, 0.1) is 11.8 Å². The van der Waals surface area contributed by atoms with Crippen molar-refractivity contribution in [1.82, 2.24) is 0 Å². The SMILES string of the molecule is CCC(C)C(=O)OC1CCC(C(=O)OC2CCC3(C)C(=CCC4C3CCC3(C)C(C(C)CCCC(C)C)CCC43)C2)CC1. The Hall–Kier alpha value is -1.32. The van der Waals surface area contributed by atoms with Crippen LogP contribution in [0.15, 0.2) is 11.6 Å². The molecule has 5 aliphatic carbocycles. The first-order valence-corrected chi connectivity index (χ1v) is 18.6. The molecule has 0 N–H and O–H groups in total. The van der Waals surface area contributed by atoms with Crippen LogP contribution in [-0.4, -0.2) is 24.1 Å². The van der Waals surface area contributed by atoms with Gasteiger partial charge in [0.25, 0.3) is 0 Å². The monoisotopic (exact) mass is 596 g/mol. The number of ether oxygens (including phenoxy) is 2. The van der Waals surface area contributed by atoms with E-state index in [0.29, 0.717) is 5.41 Å². The molecule has 43 heavy (non-hydrogen) atoms. The van der Waals surface area contributed by atoms with E-state index in [-0.39, 0.29) is 41.4 Å². The van der Waals surface area contributed by atoms with E-state index in [1.807, 2.05) is 13.8 Å². The summed E-state index contributed by atoms with van der Waals surface area (Å²) in [5, 5.41) is 0. The lowest BCUT2D eigenvalue weighted by atomic mass is 9.47. The fourth-order valence-corrected chi connectivity index (χ4v) is 10.9. The second-order valence-electron chi connectivity index (χ2n) is 16.8. The maximum absolute atomic E-state index is 13.2. The van der Waals surface area contributed by atoms with Gasteiger partial charge < -0.3 is 9.47 Å². The van der Waals surface area contributed by atoms with E-state index in [1.165, 1.54) is 51.4 Å². The first-order chi connectivity index (χ1) is 20.5. The lowest BCUT2D eigenvalue weighted by Gasteiger charge is -2.58. The van der Waals surface area contributed by atoms with Crippen LogP contribution in [0, 0.1) is 58.2 Å². The van der Waals surface area contributed by atoms with E-state index in [1.54, 1.807) is 5.57 Å². The van der Waals surface area contributed by atoms with E-state index >= 15 is 0 Å². The topological polar surface area (TPSA) is 52.6 Å². The van der Waals surface area contributed by atoms with Crippen LogP contribution in [0.5, 0.6) is 0 Å². The van der Waals surface area contributed by atoms with Crippen LogP contribution in [0.25, 0.3) is 0 Å². The third-order valence-corrected chi connectivity index (χ3v) is 13.8. The lowest BCUT2D eigenvalue weighted by molar-refractivity contribution is -0.161. The number of esters is 2.